The molecular formula is C6H13N5. The van der Waals surface area contributed by atoms with E-state index in [1.54, 1.807) is 0 Å². The summed E-state index contributed by atoms with van der Waals surface area (Å²) in [4.78, 5) is 4.04. The molecule has 0 aromatic heterocycles. The fourth-order valence-electron chi connectivity index (χ4n) is 0.840. The Labute approximate surface area is 65.3 Å². The molecule has 0 saturated heterocycles. The summed E-state index contributed by atoms with van der Waals surface area (Å²) in [7, 11) is 0. The zero-order chi connectivity index (χ0) is 8.43. The first-order valence-electron chi connectivity index (χ1n) is 3.42. The number of nitrogens with one attached hydrogen (secondary N) is 1. The number of hydrogen-bond acceptors (Lipinski definition) is 5. The van der Waals surface area contributed by atoms with Crippen molar-refractivity contribution >= 4 is 6.34 Å². The molecule has 0 aliphatic carbocycles. The van der Waals surface area contributed by atoms with Crippen molar-refractivity contribution in [2.45, 2.75) is 19.0 Å². The van der Waals surface area contributed by atoms with E-state index >= 15 is 0 Å². The molecular weight excluding hydrogens is 142 g/mol. The molecule has 0 saturated carbocycles. The number of rotatable bonds is 0. The molecule has 0 spiro atoms. The second kappa shape index (κ2) is 2.79. The quantitative estimate of drug-likeness (QED) is 0.339. The summed E-state index contributed by atoms with van der Waals surface area (Å²) in [5, 5.41) is 2.72. The van der Waals surface area contributed by atoms with Crippen LogP contribution >= 0.6 is 0 Å². The van der Waals surface area contributed by atoms with Gasteiger partial charge in [0.2, 0.25) is 0 Å². The van der Waals surface area contributed by atoms with Crippen molar-refractivity contribution in [3.8, 4) is 0 Å². The van der Waals surface area contributed by atoms with Crippen LogP contribution < -0.4 is 22.5 Å². The van der Waals surface area contributed by atoms with E-state index in [0.29, 0.717) is 11.5 Å². The molecule has 0 radical (unpaired) electrons. The predicted molar refractivity (Wildman–Crippen MR) is 44.5 cm³/mol. The average molecular weight is 155 g/mol. The number of nitrogens with two attached hydrogens (primary N) is 3. The van der Waals surface area contributed by atoms with Crippen LogP contribution in [0.4, 0.5) is 0 Å². The monoisotopic (exact) mass is 155 g/mol. The molecule has 1 rings (SSSR count). The zero-order valence-corrected chi connectivity index (χ0v) is 6.41. The lowest BCUT2D eigenvalue weighted by molar-refractivity contribution is 0.622. The standard InChI is InChI=1S/C6H13N5/c1-3-4(7)5(8)6(9)11-2-10-3/h2-4H,7-9H2,1H3,(H,10,11). The van der Waals surface area contributed by atoms with E-state index in [1.807, 2.05) is 6.92 Å². The minimum atomic E-state index is -0.291. The lowest BCUT2D eigenvalue weighted by Gasteiger charge is -2.14. The topological polar surface area (TPSA) is 102 Å². The summed E-state index contributed by atoms with van der Waals surface area (Å²) in [6, 6.07) is -0.315. The Bertz CT molecular complexity index is 207. The summed E-state index contributed by atoms with van der Waals surface area (Å²) >= 11 is 0. The number of aliphatic imine (C=N–C) groups is 1. The molecule has 1 aliphatic rings. The van der Waals surface area contributed by atoms with Gasteiger partial charge in [-0.05, 0) is 6.92 Å². The van der Waals surface area contributed by atoms with E-state index in [2.05, 4.69) is 10.3 Å². The Morgan fingerprint density at radius 3 is 2.82 bits per heavy atom. The number of hydrogen-bond donors (Lipinski definition) is 4. The highest BCUT2D eigenvalue weighted by Gasteiger charge is 2.18. The van der Waals surface area contributed by atoms with Gasteiger partial charge in [0.25, 0.3) is 0 Å². The van der Waals surface area contributed by atoms with Gasteiger partial charge in [-0.2, -0.15) is 0 Å². The first-order chi connectivity index (χ1) is 5.13. The second-order valence-electron chi connectivity index (χ2n) is 2.56. The smallest absolute Gasteiger partial charge is 0.122 e. The van der Waals surface area contributed by atoms with Crippen LogP contribution in [0.2, 0.25) is 0 Å². The molecule has 1 aliphatic heterocycles. The van der Waals surface area contributed by atoms with Gasteiger partial charge in [-0.3, -0.25) is 4.99 Å². The minimum Gasteiger partial charge on any atom is -0.398 e. The minimum absolute atomic E-state index is 0.0245. The molecule has 7 N–H and O–H groups in total. The van der Waals surface area contributed by atoms with E-state index in [-0.39, 0.29) is 12.1 Å². The normalized spacial score (nSPS) is 31.5. The highest BCUT2D eigenvalue weighted by Crippen LogP contribution is 2.04. The Morgan fingerprint density at radius 2 is 2.18 bits per heavy atom. The Balaban J connectivity index is 2.89. The molecule has 2 unspecified atom stereocenters. The Kier molecular flexibility index (Phi) is 2.00. The van der Waals surface area contributed by atoms with Crippen LogP contribution in [0.1, 0.15) is 6.92 Å². The third-order valence-corrected chi connectivity index (χ3v) is 1.72. The van der Waals surface area contributed by atoms with Crippen LogP contribution in [0, 0.1) is 0 Å². The summed E-state index contributed by atoms with van der Waals surface area (Å²) in [5.74, 6) is 0.394. The molecule has 0 fully saturated rings. The van der Waals surface area contributed by atoms with Crippen LogP contribution in [0.25, 0.3) is 0 Å². The van der Waals surface area contributed by atoms with Crippen molar-refractivity contribution in [3.63, 3.8) is 0 Å². The van der Waals surface area contributed by atoms with Crippen molar-refractivity contribution in [3.05, 3.63) is 11.5 Å². The van der Waals surface area contributed by atoms with Gasteiger partial charge < -0.3 is 22.5 Å². The van der Waals surface area contributed by atoms with Crippen LogP contribution in [-0.4, -0.2) is 18.4 Å². The van der Waals surface area contributed by atoms with E-state index in [4.69, 9.17) is 17.2 Å². The molecule has 62 valence electrons. The first-order valence-corrected chi connectivity index (χ1v) is 3.42. The average Bonchev–Trinajstić information content (AvgIpc) is 2.07. The summed E-state index contributed by atoms with van der Waals surface area (Å²) in [5.41, 5.74) is 17.3. The van der Waals surface area contributed by atoms with Gasteiger partial charge >= 0.3 is 0 Å². The molecule has 0 aromatic rings. The van der Waals surface area contributed by atoms with Crippen LogP contribution in [-0.2, 0) is 0 Å². The van der Waals surface area contributed by atoms with Crippen molar-refractivity contribution in [2.75, 3.05) is 0 Å². The van der Waals surface area contributed by atoms with E-state index in [1.165, 1.54) is 6.34 Å². The van der Waals surface area contributed by atoms with Gasteiger partial charge in [0.05, 0.1) is 24.1 Å². The van der Waals surface area contributed by atoms with Crippen molar-refractivity contribution in [2.24, 2.45) is 22.2 Å². The number of nitrogens with zero attached hydrogens (tertiary/aromatic N) is 1. The summed E-state index contributed by atoms with van der Waals surface area (Å²) in [6.07, 6.45) is 1.51. The summed E-state index contributed by atoms with van der Waals surface area (Å²) in [6.45, 7) is 1.88. The van der Waals surface area contributed by atoms with Gasteiger partial charge in [0, 0.05) is 0 Å². The fraction of sp³-hybridized carbons (Fsp3) is 0.500. The fourth-order valence-corrected chi connectivity index (χ4v) is 0.840. The van der Waals surface area contributed by atoms with Crippen molar-refractivity contribution in [1.29, 1.82) is 0 Å². The lowest BCUT2D eigenvalue weighted by atomic mass is 10.1. The van der Waals surface area contributed by atoms with Gasteiger partial charge in [-0.15, -0.1) is 0 Å². The molecule has 1 heterocycles. The highest BCUT2D eigenvalue weighted by atomic mass is 15.1. The molecule has 2 atom stereocenters. The van der Waals surface area contributed by atoms with Crippen LogP contribution in [0.15, 0.2) is 16.5 Å². The summed E-state index contributed by atoms with van der Waals surface area (Å²) < 4.78 is 0. The zero-order valence-electron chi connectivity index (χ0n) is 6.41. The highest BCUT2D eigenvalue weighted by molar-refractivity contribution is 5.59. The predicted octanol–water partition coefficient (Wildman–Crippen LogP) is -1.58. The SMILES string of the molecule is CC1N=CNC(N)=C(N)C1N. The van der Waals surface area contributed by atoms with Crippen molar-refractivity contribution in [1.82, 2.24) is 5.32 Å². The molecule has 11 heavy (non-hydrogen) atoms. The van der Waals surface area contributed by atoms with Crippen LogP contribution in [0.3, 0.4) is 0 Å². The first kappa shape index (κ1) is 7.87. The lowest BCUT2D eigenvalue weighted by Crippen LogP contribution is -2.38. The van der Waals surface area contributed by atoms with E-state index in [9.17, 15) is 0 Å². The van der Waals surface area contributed by atoms with Crippen LogP contribution in [0.5, 0.6) is 0 Å². The third kappa shape index (κ3) is 1.43. The molecule has 0 bridgehead atoms. The van der Waals surface area contributed by atoms with Gasteiger partial charge in [0.15, 0.2) is 0 Å². The molecule has 0 amide bonds. The third-order valence-electron chi connectivity index (χ3n) is 1.72. The molecule has 5 nitrogen and oxygen atoms in total. The maximum absolute atomic E-state index is 5.70. The Hall–Kier alpha value is -1.23. The van der Waals surface area contributed by atoms with Gasteiger partial charge in [0.1, 0.15) is 5.82 Å². The molecule has 5 heteroatoms. The second-order valence-corrected chi connectivity index (χ2v) is 2.56. The molecule has 0 aromatic carbocycles. The van der Waals surface area contributed by atoms with E-state index in [0.717, 1.165) is 0 Å². The van der Waals surface area contributed by atoms with E-state index < -0.39 is 0 Å². The van der Waals surface area contributed by atoms with Gasteiger partial charge in [-0.1, -0.05) is 0 Å². The largest absolute Gasteiger partial charge is 0.398 e. The maximum Gasteiger partial charge on any atom is 0.122 e. The van der Waals surface area contributed by atoms with Crippen molar-refractivity contribution < 1.29 is 0 Å². The maximum atomic E-state index is 5.70. The Morgan fingerprint density at radius 1 is 1.55 bits per heavy atom. The van der Waals surface area contributed by atoms with Gasteiger partial charge in [-0.25, -0.2) is 0 Å².